The van der Waals surface area contributed by atoms with E-state index in [1.165, 1.54) is 12.1 Å². The van der Waals surface area contributed by atoms with E-state index in [-0.39, 0.29) is 5.56 Å². The first-order valence-corrected chi connectivity index (χ1v) is 5.02. The van der Waals surface area contributed by atoms with E-state index >= 15 is 0 Å². The van der Waals surface area contributed by atoms with Crippen molar-refractivity contribution >= 4 is 33.6 Å². The maximum Gasteiger partial charge on any atom is 0.151 e. The minimum atomic E-state index is -0.741. The quantitative estimate of drug-likeness (QED) is 0.561. The van der Waals surface area contributed by atoms with Crippen LogP contribution < -0.4 is 0 Å². The standard InChI is InChI=1S/C9H6BrClF2/c10-5-1-2-6-3-4-7(12)8(11)9(6)13/h1-4H,5H2. The Labute approximate surface area is 88.3 Å². The minimum absolute atomic E-state index is 0.283. The number of benzene rings is 1. The van der Waals surface area contributed by atoms with Gasteiger partial charge in [0.1, 0.15) is 10.8 Å². The molecule has 13 heavy (non-hydrogen) atoms. The molecule has 1 aromatic rings. The van der Waals surface area contributed by atoms with Crippen molar-refractivity contribution in [3.8, 4) is 0 Å². The molecule has 0 radical (unpaired) electrons. The van der Waals surface area contributed by atoms with Crippen molar-refractivity contribution in [3.63, 3.8) is 0 Å². The lowest BCUT2D eigenvalue weighted by molar-refractivity contribution is 0.582. The molecule has 0 aromatic heterocycles. The minimum Gasteiger partial charge on any atom is -0.205 e. The van der Waals surface area contributed by atoms with Crippen molar-refractivity contribution in [2.75, 3.05) is 5.33 Å². The number of allylic oxidation sites excluding steroid dienone is 1. The highest BCUT2D eigenvalue weighted by atomic mass is 79.9. The van der Waals surface area contributed by atoms with Gasteiger partial charge in [-0.2, -0.15) is 0 Å². The number of halogens is 4. The molecule has 0 aliphatic rings. The van der Waals surface area contributed by atoms with Crippen LogP contribution in [0, 0.1) is 11.6 Å². The second-order valence-corrected chi connectivity index (χ2v) is 3.35. The molecule has 0 saturated heterocycles. The van der Waals surface area contributed by atoms with Crippen LogP contribution in [-0.4, -0.2) is 5.33 Å². The molecule has 0 aliphatic heterocycles. The number of alkyl halides is 1. The van der Waals surface area contributed by atoms with E-state index in [0.29, 0.717) is 5.33 Å². The predicted octanol–water partition coefficient (Wildman–Crippen LogP) is 4.03. The van der Waals surface area contributed by atoms with Gasteiger partial charge >= 0.3 is 0 Å². The average molecular weight is 268 g/mol. The topological polar surface area (TPSA) is 0 Å². The summed E-state index contributed by atoms with van der Waals surface area (Å²) >= 11 is 8.51. The van der Waals surface area contributed by atoms with Gasteiger partial charge in [-0.15, -0.1) is 0 Å². The van der Waals surface area contributed by atoms with Crippen molar-refractivity contribution < 1.29 is 8.78 Å². The maximum atomic E-state index is 13.1. The van der Waals surface area contributed by atoms with Gasteiger partial charge in [0, 0.05) is 10.9 Å². The maximum absolute atomic E-state index is 13.1. The van der Waals surface area contributed by atoms with Crippen molar-refractivity contribution in [2.24, 2.45) is 0 Å². The Morgan fingerprint density at radius 3 is 2.69 bits per heavy atom. The van der Waals surface area contributed by atoms with Crippen molar-refractivity contribution in [3.05, 3.63) is 40.4 Å². The van der Waals surface area contributed by atoms with Gasteiger partial charge in [-0.3, -0.25) is 0 Å². The lowest BCUT2D eigenvalue weighted by atomic mass is 10.2. The van der Waals surface area contributed by atoms with E-state index in [4.69, 9.17) is 11.6 Å². The molecule has 0 saturated carbocycles. The number of rotatable bonds is 2. The molecule has 0 unspecified atom stereocenters. The smallest absolute Gasteiger partial charge is 0.151 e. The summed E-state index contributed by atoms with van der Waals surface area (Å²) in [6.45, 7) is 0. The molecule has 0 N–H and O–H groups in total. The van der Waals surface area contributed by atoms with Crippen LogP contribution in [0.2, 0.25) is 5.02 Å². The first kappa shape index (κ1) is 10.7. The lowest BCUT2D eigenvalue weighted by Gasteiger charge is -1.99. The SMILES string of the molecule is Fc1ccc(C=CCBr)c(F)c1Cl. The summed E-state index contributed by atoms with van der Waals surface area (Å²) in [7, 11) is 0. The van der Waals surface area contributed by atoms with Crippen LogP contribution in [0.25, 0.3) is 6.08 Å². The zero-order valence-corrected chi connectivity index (χ0v) is 8.87. The highest BCUT2D eigenvalue weighted by molar-refractivity contribution is 9.09. The van der Waals surface area contributed by atoms with Gasteiger partial charge in [0.15, 0.2) is 5.82 Å². The Kier molecular flexibility index (Phi) is 3.88. The van der Waals surface area contributed by atoms with Gasteiger partial charge < -0.3 is 0 Å². The van der Waals surface area contributed by atoms with Gasteiger partial charge in [-0.1, -0.05) is 39.7 Å². The predicted molar refractivity (Wildman–Crippen MR) is 54.2 cm³/mol. The first-order chi connectivity index (χ1) is 6.16. The lowest BCUT2D eigenvalue weighted by Crippen LogP contribution is -1.87. The summed E-state index contributed by atoms with van der Waals surface area (Å²) in [5.74, 6) is -1.46. The van der Waals surface area contributed by atoms with Crippen molar-refractivity contribution in [1.82, 2.24) is 0 Å². The van der Waals surface area contributed by atoms with Crippen LogP contribution in [0.3, 0.4) is 0 Å². The Morgan fingerprint density at radius 2 is 2.08 bits per heavy atom. The molecule has 1 aromatic carbocycles. The van der Waals surface area contributed by atoms with Crippen LogP contribution in [0.4, 0.5) is 8.78 Å². The van der Waals surface area contributed by atoms with Crippen molar-refractivity contribution in [2.45, 2.75) is 0 Å². The molecular formula is C9H6BrClF2. The summed E-state index contributed by atoms with van der Waals surface area (Å²) in [4.78, 5) is 0. The van der Waals surface area contributed by atoms with E-state index in [9.17, 15) is 8.78 Å². The van der Waals surface area contributed by atoms with E-state index in [2.05, 4.69) is 15.9 Å². The molecule has 4 heteroatoms. The monoisotopic (exact) mass is 266 g/mol. The zero-order chi connectivity index (χ0) is 9.84. The van der Waals surface area contributed by atoms with E-state index in [1.54, 1.807) is 6.08 Å². The first-order valence-electron chi connectivity index (χ1n) is 3.53. The van der Waals surface area contributed by atoms with E-state index in [1.807, 2.05) is 0 Å². The molecule has 70 valence electrons. The Morgan fingerprint density at radius 1 is 1.38 bits per heavy atom. The second-order valence-electron chi connectivity index (χ2n) is 2.32. The summed E-state index contributed by atoms with van der Waals surface area (Å²) in [5.41, 5.74) is 0.283. The molecule has 1 rings (SSSR count). The molecule has 0 bridgehead atoms. The average Bonchev–Trinajstić information content (AvgIpc) is 2.13. The fourth-order valence-corrected chi connectivity index (χ4v) is 1.20. The largest absolute Gasteiger partial charge is 0.205 e. The molecule has 0 aliphatic carbocycles. The zero-order valence-electron chi connectivity index (χ0n) is 6.53. The van der Waals surface area contributed by atoms with Crippen LogP contribution in [0.5, 0.6) is 0 Å². The third-order valence-corrected chi connectivity index (χ3v) is 2.17. The highest BCUT2D eigenvalue weighted by Gasteiger charge is 2.08. The fourth-order valence-electron chi connectivity index (χ4n) is 0.841. The second kappa shape index (κ2) is 4.72. The molecular weight excluding hydrogens is 261 g/mol. The van der Waals surface area contributed by atoms with E-state index < -0.39 is 16.7 Å². The Balaban J connectivity index is 3.11. The number of hydrogen-bond donors (Lipinski definition) is 0. The summed E-state index contributed by atoms with van der Waals surface area (Å²) in [5, 5.41) is 0.151. The molecule has 0 nitrogen and oxygen atoms in total. The summed E-state index contributed by atoms with van der Waals surface area (Å²) in [6.07, 6.45) is 3.24. The molecule has 0 amide bonds. The van der Waals surface area contributed by atoms with Crippen LogP contribution in [0.15, 0.2) is 18.2 Å². The molecule has 0 spiro atoms. The van der Waals surface area contributed by atoms with Gasteiger partial charge in [-0.25, -0.2) is 8.78 Å². The number of hydrogen-bond acceptors (Lipinski definition) is 0. The molecule has 0 fully saturated rings. The van der Waals surface area contributed by atoms with E-state index in [0.717, 1.165) is 6.07 Å². The third kappa shape index (κ3) is 2.51. The van der Waals surface area contributed by atoms with Gasteiger partial charge in [0.25, 0.3) is 0 Å². The van der Waals surface area contributed by atoms with Crippen LogP contribution >= 0.6 is 27.5 Å². The molecule has 0 atom stereocenters. The van der Waals surface area contributed by atoms with Gasteiger partial charge in [-0.05, 0) is 12.1 Å². The molecule has 0 heterocycles. The van der Waals surface area contributed by atoms with Gasteiger partial charge in [0.2, 0.25) is 0 Å². The summed E-state index contributed by atoms with van der Waals surface area (Å²) in [6, 6.07) is 2.48. The Bertz CT molecular complexity index is 337. The summed E-state index contributed by atoms with van der Waals surface area (Å²) < 4.78 is 25.8. The van der Waals surface area contributed by atoms with Crippen LogP contribution in [0.1, 0.15) is 5.56 Å². The Hall–Kier alpha value is -0.410. The third-order valence-electron chi connectivity index (χ3n) is 1.45. The fraction of sp³-hybridized carbons (Fsp3) is 0.111. The van der Waals surface area contributed by atoms with Crippen LogP contribution in [-0.2, 0) is 0 Å². The van der Waals surface area contributed by atoms with Gasteiger partial charge in [0.05, 0.1) is 0 Å². The normalized spacial score (nSPS) is 11.1. The van der Waals surface area contributed by atoms with Crippen molar-refractivity contribution in [1.29, 1.82) is 0 Å². The highest BCUT2D eigenvalue weighted by Crippen LogP contribution is 2.22.